The van der Waals surface area contributed by atoms with Gasteiger partial charge in [-0.1, -0.05) is 0 Å². The second kappa shape index (κ2) is 5.67. The van der Waals surface area contributed by atoms with Gasteiger partial charge in [-0.05, 0) is 49.4 Å². The number of pyridine rings is 1. The monoisotopic (exact) mass is 382 g/mol. The van der Waals surface area contributed by atoms with Gasteiger partial charge in [-0.2, -0.15) is 10.4 Å². The van der Waals surface area contributed by atoms with Crippen molar-refractivity contribution >= 4 is 28.1 Å². The van der Waals surface area contributed by atoms with Crippen molar-refractivity contribution in [3.05, 3.63) is 49.1 Å². The van der Waals surface area contributed by atoms with Gasteiger partial charge in [0.05, 0.1) is 17.3 Å². The predicted molar refractivity (Wildman–Crippen MR) is 108 cm³/mol. The van der Waals surface area contributed by atoms with E-state index in [1.165, 1.54) is 0 Å². The van der Waals surface area contributed by atoms with E-state index in [1.807, 2.05) is 36.8 Å². The largest absolute Gasteiger partial charge is 0.346 e. The fraction of sp³-hybridized carbons (Fsp3) is 0.273. The summed E-state index contributed by atoms with van der Waals surface area (Å²) >= 11 is 0. The Kier molecular flexibility index (Phi) is 3.19. The van der Waals surface area contributed by atoms with Crippen LogP contribution in [-0.2, 0) is 4.79 Å². The quantitative estimate of drug-likeness (QED) is 0.587. The Balaban J connectivity index is 1.44. The first-order valence-corrected chi connectivity index (χ1v) is 9.84. The van der Waals surface area contributed by atoms with E-state index >= 15 is 0 Å². The molecule has 0 radical (unpaired) electrons. The Bertz CT molecular complexity index is 1320. The smallest absolute Gasteiger partial charge is 0.247 e. The highest BCUT2D eigenvalue weighted by atomic mass is 16.2. The standard InChI is InChI=1S/C22H18N6O/c23-13-22(17-1-2-17)5-8-27(21(22)29)18-4-7-26-28-12-16(10-19(18)28)15-9-14-3-6-24-20(14)25-11-15/h3-4,6-7,9-12,17H,1-2,5,8H2,(H,24,25)/t22-/m1/s1. The Morgan fingerprint density at radius 3 is 2.97 bits per heavy atom. The van der Waals surface area contributed by atoms with Crippen LogP contribution < -0.4 is 4.90 Å². The molecule has 0 bridgehead atoms. The Morgan fingerprint density at radius 2 is 2.14 bits per heavy atom. The van der Waals surface area contributed by atoms with Gasteiger partial charge in [-0.3, -0.25) is 4.79 Å². The summed E-state index contributed by atoms with van der Waals surface area (Å²) in [6, 6.07) is 10.3. The van der Waals surface area contributed by atoms with Crippen LogP contribution in [0.5, 0.6) is 0 Å². The molecule has 4 aromatic rings. The Labute approximate surface area is 166 Å². The molecular weight excluding hydrogens is 364 g/mol. The molecule has 2 fully saturated rings. The first kappa shape index (κ1) is 16.3. The zero-order valence-corrected chi connectivity index (χ0v) is 15.7. The van der Waals surface area contributed by atoms with Crippen LogP contribution in [0, 0.1) is 22.7 Å². The molecule has 142 valence electrons. The molecule has 6 rings (SSSR count). The van der Waals surface area contributed by atoms with Crippen LogP contribution in [0.4, 0.5) is 5.69 Å². The number of amides is 1. The fourth-order valence-electron chi connectivity index (χ4n) is 4.60. The van der Waals surface area contributed by atoms with Crippen LogP contribution in [0.25, 0.3) is 27.7 Å². The van der Waals surface area contributed by atoms with Gasteiger partial charge in [-0.15, -0.1) is 0 Å². The number of fused-ring (bicyclic) bond motifs is 2. The molecule has 1 aliphatic heterocycles. The lowest BCUT2D eigenvalue weighted by molar-refractivity contribution is -0.123. The maximum Gasteiger partial charge on any atom is 0.247 e. The molecule has 0 aromatic carbocycles. The van der Waals surface area contributed by atoms with Crippen molar-refractivity contribution in [1.29, 1.82) is 5.26 Å². The Hall–Kier alpha value is -3.66. The van der Waals surface area contributed by atoms with Gasteiger partial charge in [0.2, 0.25) is 5.91 Å². The van der Waals surface area contributed by atoms with Gasteiger partial charge in [0.15, 0.2) is 0 Å². The molecule has 7 nitrogen and oxygen atoms in total. The summed E-state index contributed by atoms with van der Waals surface area (Å²) in [6.45, 7) is 0.569. The topological polar surface area (TPSA) is 90.1 Å². The molecule has 1 N–H and O–H groups in total. The number of nitriles is 1. The number of nitrogens with zero attached hydrogens (tertiary/aromatic N) is 5. The van der Waals surface area contributed by atoms with Crippen LogP contribution in [0.1, 0.15) is 19.3 Å². The number of carbonyl (C=O) groups excluding carboxylic acids is 1. The van der Waals surface area contributed by atoms with E-state index in [0.29, 0.717) is 13.0 Å². The van der Waals surface area contributed by atoms with Gasteiger partial charge in [-0.25, -0.2) is 9.50 Å². The lowest BCUT2D eigenvalue weighted by atomic mass is 9.83. The van der Waals surface area contributed by atoms with Crippen molar-refractivity contribution in [2.45, 2.75) is 19.3 Å². The second-order valence-electron chi connectivity index (χ2n) is 7.98. The van der Waals surface area contributed by atoms with Crippen molar-refractivity contribution < 1.29 is 4.79 Å². The minimum Gasteiger partial charge on any atom is -0.346 e. The zero-order valence-electron chi connectivity index (χ0n) is 15.7. The predicted octanol–water partition coefficient (Wildman–Crippen LogP) is 3.53. The molecule has 1 amide bonds. The molecule has 1 atom stereocenters. The number of hydrogen-bond donors (Lipinski definition) is 1. The normalized spacial score (nSPS) is 21.9. The van der Waals surface area contributed by atoms with Crippen molar-refractivity contribution in [3.63, 3.8) is 0 Å². The molecular formula is C22H18N6O. The summed E-state index contributed by atoms with van der Waals surface area (Å²) in [4.78, 5) is 22.6. The zero-order chi connectivity index (χ0) is 19.6. The highest BCUT2D eigenvalue weighted by molar-refractivity contribution is 6.05. The number of hydrogen-bond acceptors (Lipinski definition) is 4. The number of aromatic amines is 1. The minimum absolute atomic E-state index is 0.0613. The number of nitrogens with one attached hydrogen (secondary N) is 1. The van der Waals surface area contributed by atoms with Gasteiger partial charge in [0.25, 0.3) is 0 Å². The lowest BCUT2D eigenvalue weighted by Crippen LogP contribution is -2.35. The third-order valence-corrected chi connectivity index (χ3v) is 6.34. The van der Waals surface area contributed by atoms with Crippen molar-refractivity contribution in [1.82, 2.24) is 19.6 Å². The molecule has 0 unspecified atom stereocenters. The van der Waals surface area contributed by atoms with Crippen molar-refractivity contribution in [3.8, 4) is 17.2 Å². The minimum atomic E-state index is -0.848. The number of anilines is 1. The van der Waals surface area contributed by atoms with E-state index in [0.717, 1.165) is 46.2 Å². The molecule has 5 heterocycles. The highest BCUT2D eigenvalue weighted by Crippen LogP contribution is 2.52. The third kappa shape index (κ3) is 2.26. The lowest BCUT2D eigenvalue weighted by Gasteiger charge is -2.21. The summed E-state index contributed by atoms with van der Waals surface area (Å²) in [5.41, 5.74) is 3.65. The summed E-state index contributed by atoms with van der Waals surface area (Å²) in [6.07, 6.45) is 9.91. The van der Waals surface area contributed by atoms with Crippen LogP contribution >= 0.6 is 0 Å². The van der Waals surface area contributed by atoms with E-state index < -0.39 is 5.41 Å². The van der Waals surface area contributed by atoms with Gasteiger partial charge in [0.1, 0.15) is 11.1 Å². The van der Waals surface area contributed by atoms with E-state index in [9.17, 15) is 10.1 Å². The van der Waals surface area contributed by atoms with Crippen LogP contribution in [0.15, 0.2) is 49.1 Å². The van der Waals surface area contributed by atoms with Crippen molar-refractivity contribution in [2.75, 3.05) is 11.4 Å². The number of H-pyrrole nitrogens is 1. The van der Waals surface area contributed by atoms with Gasteiger partial charge >= 0.3 is 0 Å². The molecule has 1 aliphatic carbocycles. The first-order valence-electron chi connectivity index (χ1n) is 9.84. The average Bonchev–Trinajstić information content (AvgIpc) is 3.20. The average molecular weight is 382 g/mol. The number of rotatable bonds is 3. The number of carbonyl (C=O) groups is 1. The fourth-order valence-corrected chi connectivity index (χ4v) is 4.60. The van der Waals surface area contributed by atoms with E-state index in [1.54, 1.807) is 15.6 Å². The molecule has 2 aliphatic rings. The van der Waals surface area contributed by atoms with Crippen LogP contribution in [0.2, 0.25) is 0 Å². The van der Waals surface area contributed by atoms with E-state index in [4.69, 9.17) is 0 Å². The first-order chi connectivity index (χ1) is 14.2. The summed E-state index contributed by atoms with van der Waals surface area (Å²) in [5, 5.41) is 15.2. The Morgan fingerprint density at radius 1 is 1.24 bits per heavy atom. The van der Waals surface area contributed by atoms with Gasteiger partial charge in [0, 0.05) is 47.8 Å². The van der Waals surface area contributed by atoms with E-state index in [2.05, 4.69) is 27.2 Å². The molecule has 7 heteroatoms. The SMILES string of the molecule is N#C[C@@]1(C2CC2)CCN(c2ccnn3cc(-c4cnc5[nH]ccc5c4)cc23)C1=O. The van der Waals surface area contributed by atoms with E-state index in [-0.39, 0.29) is 11.8 Å². The summed E-state index contributed by atoms with van der Waals surface area (Å²) in [5.74, 6) is 0.151. The van der Waals surface area contributed by atoms with Crippen molar-refractivity contribution in [2.24, 2.45) is 11.3 Å². The number of aromatic nitrogens is 4. The molecule has 1 saturated carbocycles. The summed E-state index contributed by atoms with van der Waals surface area (Å²) < 4.78 is 1.79. The molecule has 1 saturated heterocycles. The maximum absolute atomic E-state index is 13.2. The van der Waals surface area contributed by atoms with Crippen LogP contribution in [-0.4, -0.2) is 32.0 Å². The second-order valence-corrected chi connectivity index (χ2v) is 7.98. The third-order valence-electron chi connectivity index (χ3n) is 6.34. The molecule has 29 heavy (non-hydrogen) atoms. The molecule has 4 aromatic heterocycles. The highest BCUT2D eigenvalue weighted by Gasteiger charge is 2.56. The molecule has 0 spiro atoms. The maximum atomic E-state index is 13.2. The van der Waals surface area contributed by atoms with Gasteiger partial charge < -0.3 is 9.88 Å². The van der Waals surface area contributed by atoms with Crippen LogP contribution in [0.3, 0.4) is 0 Å². The summed E-state index contributed by atoms with van der Waals surface area (Å²) in [7, 11) is 0.